The number of alkyl halides is 1. The molecular formula is C23H23B3F2N4O4. The number of aromatic nitrogens is 1. The van der Waals surface area contributed by atoms with E-state index < -0.39 is 41.3 Å². The molecule has 1 aromatic heterocycles. The lowest BCUT2D eigenvalue weighted by Gasteiger charge is -2.46. The summed E-state index contributed by atoms with van der Waals surface area (Å²) in [7, 11) is 16.3. The van der Waals surface area contributed by atoms with E-state index in [1.54, 1.807) is 6.92 Å². The summed E-state index contributed by atoms with van der Waals surface area (Å²) in [6, 6.07) is 5.08. The van der Waals surface area contributed by atoms with Crippen molar-refractivity contribution in [3.05, 3.63) is 53.1 Å². The second-order valence-corrected chi connectivity index (χ2v) is 9.09. The molecule has 0 bridgehead atoms. The van der Waals surface area contributed by atoms with Gasteiger partial charge in [-0.25, -0.2) is 18.8 Å². The molecule has 2 aliphatic rings. The summed E-state index contributed by atoms with van der Waals surface area (Å²) in [5.74, 6) is -1.75. The van der Waals surface area contributed by atoms with Crippen LogP contribution < -0.4 is 15.8 Å². The highest BCUT2D eigenvalue weighted by molar-refractivity contribution is 6.58. The fourth-order valence-electron chi connectivity index (χ4n) is 4.60. The molecule has 6 radical (unpaired) electrons. The van der Waals surface area contributed by atoms with Gasteiger partial charge < -0.3 is 25.3 Å². The minimum absolute atomic E-state index is 0.0631. The molecule has 0 spiro atoms. The van der Waals surface area contributed by atoms with Crippen LogP contribution in [0.3, 0.4) is 0 Å². The summed E-state index contributed by atoms with van der Waals surface area (Å²) in [4.78, 5) is 21.2. The number of nitrogens with zero attached hydrogens (tertiary/aromatic N) is 2. The van der Waals surface area contributed by atoms with Crippen LogP contribution >= 0.6 is 0 Å². The van der Waals surface area contributed by atoms with Crippen LogP contribution in [-0.2, 0) is 15.0 Å². The molecule has 1 saturated heterocycles. The molecule has 0 saturated carbocycles. The smallest absolute Gasteiger partial charge is 0.283 e. The predicted octanol–water partition coefficient (Wildman–Crippen LogP) is 1.58. The van der Waals surface area contributed by atoms with Crippen molar-refractivity contribution in [2.75, 3.05) is 18.6 Å². The van der Waals surface area contributed by atoms with Crippen LogP contribution in [0.1, 0.15) is 35.0 Å². The number of anilines is 1. The molecule has 3 N–H and O–H groups in total. The van der Waals surface area contributed by atoms with Gasteiger partial charge in [0.1, 0.15) is 59.1 Å². The van der Waals surface area contributed by atoms with Crippen LogP contribution in [0.4, 0.5) is 14.5 Å². The van der Waals surface area contributed by atoms with Gasteiger partial charge in [-0.05, 0) is 49.0 Å². The van der Waals surface area contributed by atoms with E-state index in [2.05, 4.69) is 15.3 Å². The lowest BCUT2D eigenvalue weighted by Crippen LogP contribution is -2.55. The molecule has 4 atom stereocenters. The first-order valence-corrected chi connectivity index (χ1v) is 11.2. The Kier molecular flexibility index (Phi) is 7.05. The zero-order valence-corrected chi connectivity index (χ0v) is 19.8. The van der Waals surface area contributed by atoms with E-state index in [1.807, 2.05) is 6.92 Å². The van der Waals surface area contributed by atoms with Gasteiger partial charge in [0.05, 0.1) is 24.8 Å². The molecule has 13 heteroatoms. The molecule has 4 rings (SSSR count). The number of benzene rings is 1. The quantitative estimate of drug-likeness (QED) is 0.596. The van der Waals surface area contributed by atoms with Crippen molar-refractivity contribution < 1.29 is 27.8 Å². The van der Waals surface area contributed by atoms with Crippen molar-refractivity contribution in [2.45, 2.75) is 43.3 Å². The number of fused-ring (bicyclic) bond motifs is 1. The fourth-order valence-corrected chi connectivity index (χ4v) is 4.60. The molecule has 182 valence electrons. The summed E-state index contributed by atoms with van der Waals surface area (Å²) >= 11 is 0. The Morgan fingerprint density at radius 2 is 2.11 bits per heavy atom. The van der Waals surface area contributed by atoms with Gasteiger partial charge in [-0.15, -0.1) is 0 Å². The second kappa shape index (κ2) is 9.76. The monoisotopic (exact) mass is 490 g/mol. The maximum absolute atomic E-state index is 15.1. The van der Waals surface area contributed by atoms with Crippen molar-refractivity contribution >= 4 is 41.2 Å². The van der Waals surface area contributed by atoms with E-state index in [0.717, 1.165) is 6.07 Å². The lowest BCUT2D eigenvalue weighted by molar-refractivity contribution is -0.109. The van der Waals surface area contributed by atoms with Gasteiger partial charge in [0.15, 0.2) is 0 Å². The van der Waals surface area contributed by atoms with Crippen molar-refractivity contribution in [2.24, 2.45) is 16.6 Å². The van der Waals surface area contributed by atoms with Crippen molar-refractivity contribution in [1.82, 2.24) is 4.98 Å². The number of nitrogens with two attached hydrogens (primary N) is 1. The number of pyridine rings is 1. The predicted molar refractivity (Wildman–Crippen MR) is 132 cm³/mol. The van der Waals surface area contributed by atoms with Gasteiger partial charge in [-0.2, -0.15) is 0 Å². The molecule has 2 aromatic rings. The highest BCUT2D eigenvalue weighted by atomic mass is 19.1. The zero-order chi connectivity index (χ0) is 26.3. The van der Waals surface area contributed by atoms with E-state index in [-0.39, 0.29) is 41.4 Å². The summed E-state index contributed by atoms with van der Waals surface area (Å²) in [5, 5.41) is 0.746. The molecule has 1 aromatic carbocycles. The molecular weight excluding hydrogens is 467 g/mol. The third kappa shape index (κ3) is 5.21. The third-order valence-electron chi connectivity index (χ3n) is 6.23. The highest BCUT2D eigenvalue weighted by Gasteiger charge is 2.52. The number of nitrogens with one attached hydrogen (secondary N) is 1. The van der Waals surface area contributed by atoms with E-state index in [1.165, 1.54) is 24.4 Å². The molecule has 36 heavy (non-hydrogen) atoms. The molecule has 0 unspecified atom stereocenters. The zero-order valence-electron chi connectivity index (χ0n) is 19.8. The van der Waals surface area contributed by atoms with Crippen LogP contribution in [0.15, 0.2) is 35.5 Å². The van der Waals surface area contributed by atoms with Crippen molar-refractivity contribution in [3.8, 4) is 5.75 Å². The number of amidine groups is 1. The van der Waals surface area contributed by atoms with Gasteiger partial charge in [0.25, 0.3) is 11.9 Å². The van der Waals surface area contributed by atoms with E-state index in [9.17, 15) is 9.18 Å². The van der Waals surface area contributed by atoms with E-state index >= 15 is 4.39 Å². The van der Waals surface area contributed by atoms with Gasteiger partial charge in [0, 0.05) is 17.7 Å². The first-order chi connectivity index (χ1) is 16.9. The Labute approximate surface area is 211 Å². The van der Waals surface area contributed by atoms with Crippen molar-refractivity contribution in [3.63, 3.8) is 0 Å². The molecule has 1 amide bonds. The number of amides is 1. The minimum atomic E-state index is -1.91. The number of halogens is 2. The number of hydrogen-bond acceptors (Lipinski definition) is 7. The number of hydrogen-bond donors (Lipinski definition) is 2. The maximum Gasteiger partial charge on any atom is 0.283 e. The van der Waals surface area contributed by atoms with Gasteiger partial charge >= 0.3 is 0 Å². The Morgan fingerprint density at radius 3 is 2.78 bits per heavy atom. The van der Waals surface area contributed by atoms with Crippen molar-refractivity contribution in [1.29, 1.82) is 0 Å². The Balaban J connectivity index is 1.64. The number of rotatable bonds is 6. The average Bonchev–Trinajstić information content (AvgIpc) is 2.78. The normalized spacial score (nSPS) is 25.8. The van der Waals surface area contributed by atoms with Gasteiger partial charge in [-0.1, -0.05) is 0 Å². The minimum Gasteiger partial charge on any atom is -0.514 e. The van der Waals surface area contributed by atoms with Crippen LogP contribution in [0.5, 0.6) is 5.75 Å². The number of aliphatic imine (C=N–C) groups is 1. The first kappa shape index (κ1) is 26.0. The maximum atomic E-state index is 15.1. The van der Waals surface area contributed by atoms with Gasteiger partial charge in [-0.3, -0.25) is 4.79 Å². The SMILES string of the molecule is [B]C([B])([B])Oc1cnc(C(=O)Nc2ccc(F)c([C@@]3(CF)N=C(N)O[C@@H]4C[C@@H](C)OC[C@@H]43)c2)c(C)c1. The number of aryl methyl sites for hydroxylation is 1. The third-order valence-corrected chi connectivity index (χ3v) is 6.23. The summed E-state index contributed by atoms with van der Waals surface area (Å²) < 4.78 is 46.3. The van der Waals surface area contributed by atoms with E-state index in [4.69, 9.17) is 43.5 Å². The molecule has 1 fully saturated rings. The summed E-state index contributed by atoms with van der Waals surface area (Å²) in [5.41, 5.74) is 4.84. The molecule has 2 aliphatic heterocycles. The van der Waals surface area contributed by atoms with E-state index in [0.29, 0.717) is 12.0 Å². The average molecular weight is 490 g/mol. The number of ether oxygens (including phenoxy) is 3. The van der Waals surface area contributed by atoms with Gasteiger partial charge in [0.2, 0.25) is 0 Å². The Bertz CT molecular complexity index is 1200. The van der Waals surface area contributed by atoms with Crippen LogP contribution in [0.2, 0.25) is 0 Å². The first-order valence-electron chi connectivity index (χ1n) is 11.2. The molecule has 8 nitrogen and oxygen atoms in total. The number of carbonyl (C=O) groups excluding carboxylic acids is 1. The second-order valence-electron chi connectivity index (χ2n) is 9.09. The van der Waals surface area contributed by atoms with Crippen LogP contribution in [0, 0.1) is 18.7 Å². The summed E-state index contributed by atoms with van der Waals surface area (Å²) in [6.07, 6.45) is 1.06. The highest BCUT2D eigenvalue weighted by Crippen LogP contribution is 2.45. The van der Waals surface area contributed by atoms with Crippen LogP contribution in [-0.4, -0.2) is 71.2 Å². The Morgan fingerprint density at radius 1 is 1.36 bits per heavy atom. The summed E-state index contributed by atoms with van der Waals surface area (Å²) in [6.45, 7) is 2.55. The Hall–Kier alpha value is -3.08. The lowest BCUT2D eigenvalue weighted by atomic mass is 9.52. The molecule has 0 aliphatic carbocycles. The topological polar surface area (TPSA) is 108 Å². The number of carbonyl (C=O) groups is 1. The molecule has 3 heterocycles. The van der Waals surface area contributed by atoms with Crippen LogP contribution in [0.25, 0.3) is 0 Å². The fraction of sp³-hybridized carbons (Fsp3) is 0.435. The standard InChI is InChI=1S/C23H23B3F2N4O4/c1-11-5-14(36-23(24,25)26)8-30-19(11)20(33)31-13-3-4-17(28)15(7-13)22(10-27)16-9-34-12(2)6-18(16)35-21(29)32-22/h3-5,7-8,12,16,18H,6,9-10H2,1-2H3,(H2,29,32)(H,31,33)/t12-,16+,18-,22-/m1/s1. The largest absolute Gasteiger partial charge is 0.514 e.